The Kier molecular flexibility index (Phi) is 11.3. The van der Waals surface area contributed by atoms with Crippen molar-refractivity contribution in [3.05, 3.63) is 23.8 Å². The molecule has 1 aromatic carbocycles. The van der Waals surface area contributed by atoms with Crippen molar-refractivity contribution in [2.24, 2.45) is 10.9 Å². The number of ether oxygens (including phenoxy) is 2. The molecule has 182 valence electrons. The Morgan fingerprint density at radius 1 is 1.12 bits per heavy atom. The Balaban J connectivity index is 0.00000363. The molecule has 2 aliphatic rings. The highest BCUT2D eigenvalue weighted by Crippen LogP contribution is 2.25. The van der Waals surface area contributed by atoms with Crippen molar-refractivity contribution < 1.29 is 9.47 Å². The summed E-state index contributed by atoms with van der Waals surface area (Å²) in [5.74, 6) is 3.54. The van der Waals surface area contributed by atoms with Crippen LogP contribution in [-0.4, -0.2) is 93.8 Å². The van der Waals surface area contributed by atoms with Crippen LogP contribution in [0.2, 0.25) is 0 Å². The third-order valence-corrected chi connectivity index (χ3v) is 6.59. The number of hydrogen-bond acceptors (Lipinski definition) is 5. The molecule has 7 nitrogen and oxygen atoms in total. The normalized spacial score (nSPS) is 20.8. The van der Waals surface area contributed by atoms with Gasteiger partial charge in [0.15, 0.2) is 5.96 Å². The maximum absolute atomic E-state index is 5.55. The van der Waals surface area contributed by atoms with Gasteiger partial charge in [0, 0.05) is 64.5 Å². The topological polar surface area (TPSA) is 52.6 Å². The van der Waals surface area contributed by atoms with Gasteiger partial charge < -0.3 is 24.6 Å². The van der Waals surface area contributed by atoms with Crippen molar-refractivity contribution in [3.8, 4) is 11.5 Å². The summed E-state index contributed by atoms with van der Waals surface area (Å²) in [4.78, 5) is 12.0. The van der Waals surface area contributed by atoms with Crippen LogP contribution in [0.25, 0.3) is 0 Å². The quantitative estimate of drug-likeness (QED) is 0.315. The second-order valence-electron chi connectivity index (χ2n) is 8.97. The molecule has 1 aromatic rings. The van der Waals surface area contributed by atoms with Gasteiger partial charge in [0.2, 0.25) is 0 Å². The van der Waals surface area contributed by atoms with Crippen LogP contribution in [0.3, 0.4) is 0 Å². The summed E-state index contributed by atoms with van der Waals surface area (Å²) in [6, 6.07) is 6.65. The molecule has 2 fully saturated rings. The molecular weight excluding hydrogens is 517 g/mol. The minimum atomic E-state index is 0. The number of methoxy groups -OCH3 is 2. The number of halogens is 1. The van der Waals surface area contributed by atoms with Crippen LogP contribution in [0.4, 0.5) is 0 Å². The van der Waals surface area contributed by atoms with Crippen LogP contribution in [0.15, 0.2) is 23.2 Å². The lowest BCUT2D eigenvalue weighted by Crippen LogP contribution is -2.53. The second kappa shape index (κ2) is 13.4. The number of piperazine rings is 1. The lowest BCUT2D eigenvalue weighted by molar-refractivity contribution is 0.139. The largest absolute Gasteiger partial charge is 0.497 e. The van der Waals surface area contributed by atoms with E-state index >= 15 is 0 Å². The van der Waals surface area contributed by atoms with E-state index in [1.54, 1.807) is 14.2 Å². The van der Waals surface area contributed by atoms with Gasteiger partial charge in [0.25, 0.3) is 0 Å². The van der Waals surface area contributed by atoms with E-state index in [-0.39, 0.29) is 24.0 Å². The minimum Gasteiger partial charge on any atom is -0.497 e. The molecule has 0 spiro atoms. The summed E-state index contributed by atoms with van der Waals surface area (Å²) in [5, 5.41) is 3.66. The molecule has 1 N–H and O–H groups in total. The van der Waals surface area contributed by atoms with E-state index < -0.39 is 0 Å². The van der Waals surface area contributed by atoms with Crippen LogP contribution in [0.1, 0.15) is 32.3 Å². The zero-order valence-electron chi connectivity index (χ0n) is 20.5. The standard InChI is InChI=1S/C24H41N5O2.HI/c1-19(2)29-10-6-7-20(17-29)16-26-24(25-3)28-13-11-27(12-14-28)18-21-15-22(30-4)8-9-23(21)31-5;/h8-9,15,19-20H,6-7,10-14,16-18H2,1-5H3,(H,25,26);1H. The van der Waals surface area contributed by atoms with E-state index in [2.05, 4.69) is 44.9 Å². The zero-order chi connectivity index (χ0) is 22.2. The monoisotopic (exact) mass is 559 g/mol. The number of aliphatic imine (C=N–C) groups is 1. The molecule has 1 atom stereocenters. The van der Waals surface area contributed by atoms with Crippen LogP contribution in [0.5, 0.6) is 11.5 Å². The molecular formula is C24H42IN5O2. The first-order valence-corrected chi connectivity index (χ1v) is 11.7. The van der Waals surface area contributed by atoms with E-state index in [4.69, 9.17) is 9.47 Å². The predicted octanol–water partition coefficient (Wildman–Crippen LogP) is 3.14. The molecule has 3 rings (SSSR count). The lowest BCUT2D eigenvalue weighted by Gasteiger charge is -2.38. The summed E-state index contributed by atoms with van der Waals surface area (Å²) in [5.41, 5.74) is 1.17. The summed E-state index contributed by atoms with van der Waals surface area (Å²) in [6.45, 7) is 12.9. The lowest BCUT2D eigenvalue weighted by atomic mass is 9.97. The van der Waals surface area contributed by atoms with E-state index in [0.29, 0.717) is 12.0 Å². The van der Waals surface area contributed by atoms with E-state index in [1.807, 2.05) is 19.2 Å². The molecule has 32 heavy (non-hydrogen) atoms. The first-order valence-electron chi connectivity index (χ1n) is 11.7. The Labute approximate surface area is 211 Å². The summed E-state index contributed by atoms with van der Waals surface area (Å²) < 4.78 is 10.9. The molecule has 0 radical (unpaired) electrons. The molecule has 2 aliphatic heterocycles. The van der Waals surface area contributed by atoms with Crippen molar-refractivity contribution >= 4 is 29.9 Å². The Hall–Kier alpha value is -1.26. The summed E-state index contributed by atoms with van der Waals surface area (Å²) >= 11 is 0. The number of piperidine rings is 1. The molecule has 0 aliphatic carbocycles. The maximum Gasteiger partial charge on any atom is 0.193 e. The average Bonchev–Trinajstić information content (AvgIpc) is 2.80. The van der Waals surface area contributed by atoms with Crippen LogP contribution in [0, 0.1) is 5.92 Å². The molecule has 2 saturated heterocycles. The van der Waals surface area contributed by atoms with Gasteiger partial charge in [-0.15, -0.1) is 24.0 Å². The third kappa shape index (κ3) is 7.38. The third-order valence-electron chi connectivity index (χ3n) is 6.59. The van der Waals surface area contributed by atoms with Crippen molar-refractivity contribution in [1.82, 2.24) is 20.0 Å². The highest BCUT2D eigenvalue weighted by molar-refractivity contribution is 14.0. The van der Waals surface area contributed by atoms with E-state index in [0.717, 1.165) is 56.7 Å². The number of rotatable bonds is 7. The summed E-state index contributed by atoms with van der Waals surface area (Å²) in [6.07, 6.45) is 2.61. The Morgan fingerprint density at radius 2 is 1.88 bits per heavy atom. The van der Waals surface area contributed by atoms with Crippen LogP contribution < -0.4 is 14.8 Å². The van der Waals surface area contributed by atoms with Gasteiger partial charge in [-0.2, -0.15) is 0 Å². The smallest absolute Gasteiger partial charge is 0.193 e. The first-order chi connectivity index (χ1) is 15.0. The number of nitrogens with zero attached hydrogens (tertiary/aromatic N) is 4. The zero-order valence-corrected chi connectivity index (χ0v) is 22.8. The van der Waals surface area contributed by atoms with Gasteiger partial charge >= 0.3 is 0 Å². The van der Waals surface area contributed by atoms with Crippen molar-refractivity contribution in [2.45, 2.75) is 39.3 Å². The number of hydrogen-bond donors (Lipinski definition) is 1. The van der Waals surface area contributed by atoms with Gasteiger partial charge in [-0.25, -0.2) is 0 Å². The van der Waals surface area contributed by atoms with Gasteiger partial charge in [-0.1, -0.05) is 0 Å². The van der Waals surface area contributed by atoms with Crippen molar-refractivity contribution in [3.63, 3.8) is 0 Å². The fourth-order valence-corrected chi connectivity index (χ4v) is 4.66. The van der Waals surface area contributed by atoms with Gasteiger partial charge in [0.1, 0.15) is 11.5 Å². The predicted molar refractivity (Wildman–Crippen MR) is 143 cm³/mol. The Bertz CT molecular complexity index is 722. The number of nitrogens with one attached hydrogen (secondary N) is 1. The SMILES string of the molecule is CN=C(NCC1CCCN(C(C)C)C1)N1CCN(Cc2cc(OC)ccc2OC)CC1.I. The first kappa shape index (κ1) is 27.0. The number of benzene rings is 1. The Morgan fingerprint density at radius 3 is 2.50 bits per heavy atom. The molecule has 0 bridgehead atoms. The fraction of sp³-hybridized carbons (Fsp3) is 0.708. The van der Waals surface area contributed by atoms with Crippen LogP contribution >= 0.6 is 24.0 Å². The average molecular weight is 560 g/mol. The highest BCUT2D eigenvalue weighted by atomic mass is 127. The number of likely N-dealkylation sites (tertiary alicyclic amines) is 1. The molecule has 0 amide bonds. The molecule has 2 heterocycles. The molecule has 1 unspecified atom stereocenters. The second-order valence-corrected chi connectivity index (χ2v) is 8.97. The van der Waals surface area contributed by atoms with Crippen LogP contribution in [-0.2, 0) is 6.54 Å². The highest BCUT2D eigenvalue weighted by Gasteiger charge is 2.24. The minimum absolute atomic E-state index is 0. The van der Waals surface area contributed by atoms with E-state index in [9.17, 15) is 0 Å². The van der Waals surface area contributed by atoms with Gasteiger partial charge in [-0.05, 0) is 57.4 Å². The molecule has 0 aromatic heterocycles. The molecule has 8 heteroatoms. The van der Waals surface area contributed by atoms with Crippen molar-refractivity contribution in [2.75, 3.05) is 67.1 Å². The van der Waals surface area contributed by atoms with E-state index in [1.165, 1.54) is 31.5 Å². The molecule has 0 saturated carbocycles. The van der Waals surface area contributed by atoms with Gasteiger partial charge in [0.05, 0.1) is 14.2 Å². The summed E-state index contributed by atoms with van der Waals surface area (Å²) in [7, 11) is 5.33. The number of guanidine groups is 1. The van der Waals surface area contributed by atoms with Crippen molar-refractivity contribution in [1.29, 1.82) is 0 Å². The van der Waals surface area contributed by atoms with Gasteiger partial charge in [-0.3, -0.25) is 9.89 Å². The maximum atomic E-state index is 5.55. The fourth-order valence-electron chi connectivity index (χ4n) is 4.66.